The molecule has 0 unspecified atom stereocenters. The molecule has 3 N–H and O–H groups in total. The highest BCUT2D eigenvalue weighted by Crippen LogP contribution is 2.39. The number of carboxylic acid groups (broad SMARTS) is 1. The molecule has 7 rings (SSSR count). The standard InChI is InChI=1S/C33H31F2N5O5S2/c34-25-7-6-22(16-23(25)20-9-11-39(12-10-20)31(41)21-4-5-21)30-24(13-19-3-8-29(26(35)14-19)47(36,44)45)28(15-18-1-2-18)40(38-30)33-37-27(17-46-33)32(42)43/h3,6-9,14,16-18,21H,1-2,4-5,10-13,15H2,(H,42,43)(H2,36,44,45). The van der Waals surface area contributed by atoms with Crippen LogP contribution >= 0.6 is 11.3 Å². The van der Waals surface area contributed by atoms with Crippen LogP contribution in [0.1, 0.15) is 65.0 Å². The third-order valence-electron chi connectivity index (χ3n) is 8.88. The number of primary sulfonamides is 1. The Labute approximate surface area is 273 Å². The summed E-state index contributed by atoms with van der Waals surface area (Å²) in [7, 11) is -4.26. The summed E-state index contributed by atoms with van der Waals surface area (Å²) in [5, 5.41) is 21.4. The van der Waals surface area contributed by atoms with Crippen LogP contribution in [0.2, 0.25) is 0 Å². The molecular weight excluding hydrogens is 649 g/mol. The molecule has 3 aliphatic rings. The summed E-state index contributed by atoms with van der Waals surface area (Å²) in [5.74, 6) is -1.93. The predicted molar refractivity (Wildman–Crippen MR) is 170 cm³/mol. The van der Waals surface area contributed by atoms with Gasteiger partial charge in [-0.05, 0) is 85.9 Å². The minimum atomic E-state index is -4.26. The molecule has 2 saturated carbocycles. The van der Waals surface area contributed by atoms with E-state index in [0.717, 1.165) is 60.4 Å². The fourth-order valence-corrected chi connectivity index (χ4v) is 7.40. The highest BCUT2D eigenvalue weighted by molar-refractivity contribution is 7.89. The first-order valence-electron chi connectivity index (χ1n) is 15.4. The van der Waals surface area contributed by atoms with E-state index in [1.165, 1.54) is 17.5 Å². The number of amides is 1. The Morgan fingerprint density at radius 3 is 2.47 bits per heavy atom. The Bertz CT molecular complexity index is 2060. The van der Waals surface area contributed by atoms with Gasteiger partial charge in [-0.2, -0.15) is 5.10 Å². The second-order valence-corrected chi connectivity index (χ2v) is 14.7. The molecule has 2 aromatic carbocycles. The molecule has 0 radical (unpaired) electrons. The van der Waals surface area contributed by atoms with Crippen LogP contribution in [-0.4, -0.2) is 58.2 Å². The second kappa shape index (κ2) is 12.1. The van der Waals surface area contributed by atoms with Crippen LogP contribution in [0, 0.1) is 23.5 Å². The lowest BCUT2D eigenvalue weighted by molar-refractivity contribution is -0.132. The number of carbonyl (C=O) groups excluding carboxylic acids is 1. The maximum absolute atomic E-state index is 15.4. The normalized spacial score (nSPS) is 16.7. The van der Waals surface area contributed by atoms with Gasteiger partial charge in [0.05, 0.1) is 11.4 Å². The van der Waals surface area contributed by atoms with Crippen LogP contribution in [-0.2, 0) is 27.7 Å². The van der Waals surface area contributed by atoms with Gasteiger partial charge in [-0.15, -0.1) is 11.3 Å². The number of carbonyl (C=O) groups is 2. The highest BCUT2D eigenvalue weighted by atomic mass is 32.2. The van der Waals surface area contributed by atoms with Gasteiger partial charge < -0.3 is 10.0 Å². The van der Waals surface area contributed by atoms with Crippen molar-refractivity contribution < 1.29 is 31.9 Å². The SMILES string of the molecule is NS(=O)(=O)c1ccc(Cc2c(-c3ccc(F)c(C4=CCN(C(=O)C5CC5)CC4)c3)nn(-c3nc(C(=O)O)cs3)c2CC2CC2)cc1F. The number of nitrogens with zero attached hydrogens (tertiary/aromatic N) is 4. The minimum absolute atomic E-state index is 0.109. The van der Waals surface area contributed by atoms with Gasteiger partial charge in [0.25, 0.3) is 0 Å². The van der Waals surface area contributed by atoms with Gasteiger partial charge in [-0.3, -0.25) is 4.79 Å². The summed E-state index contributed by atoms with van der Waals surface area (Å²) in [4.78, 5) is 29.7. The van der Waals surface area contributed by atoms with Crippen molar-refractivity contribution in [3.63, 3.8) is 0 Å². The lowest BCUT2D eigenvalue weighted by Gasteiger charge is -2.27. The third kappa shape index (κ3) is 6.49. The van der Waals surface area contributed by atoms with E-state index >= 15 is 4.39 Å². The van der Waals surface area contributed by atoms with Crippen LogP contribution in [0.15, 0.2) is 52.7 Å². The van der Waals surface area contributed by atoms with Crippen LogP contribution in [0.5, 0.6) is 0 Å². The van der Waals surface area contributed by atoms with Gasteiger partial charge in [-0.25, -0.2) is 36.8 Å². The van der Waals surface area contributed by atoms with Crippen molar-refractivity contribution in [2.45, 2.75) is 49.8 Å². The number of aromatic carboxylic acids is 1. The van der Waals surface area contributed by atoms with Crippen LogP contribution in [0.3, 0.4) is 0 Å². The molecule has 0 spiro atoms. The number of nitrogens with two attached hydrogens (primary N) is 1. The number of hydrogen-bond donors (Lipinski definition) is 2. The number of benzene rings is 2. The molecule has 2 fully saturated rings. The Morgan fingerprint density at radius 1 is 1.06 bits per heavy atom. The summed E-state index contributed by atoms with van der Waals surface area (Å²) in [6, 6.07) is 8.49. The fourth-order valence-electron chi connectivity index (χ4n) is 6.04. The Balaban J connectivity index is 1.33. The predicted octanol–water partition coefficient (Wildman–Crippen LogP) is 5.19. The summed E-state index contributed by atoms with van der Waals surface area (Å²) < 4.78 is 55.7. The van der Waals surface area contributed by atoms with Crippen molar-refractivity contribution in [1.82, 2.24) is 19.7 Å². The number of hydrogen-bond acceptors (Lipinski definition) is 7. The summed E-state index contributed by atoms with van der Waals surface area (Å²) >= 11 is 1.13. The van der Waals surface area contributed by atoms with E-state index in [1.54, 1.807) is 16.8 Å². The first-order chi connectivity index (χ1) is 22.5. The molecule has 14 heteroatoms. The van der Waals surface area contributed by atoms with E-state index in [2.05, 4.69) is 4.98 Å². The maximum atomic E-state index is 15.4. The first kappa shape index (κ1) is 31.3. The van der Waals surface area contributed by atoms with Gasteiger partial charge >= 0.3 is 5.97 Å². The maximum Gasteiger partial charge on any atom is 0.355 e. The Hall–Kier alpha value is -4.27. The van der Waals surface area contributed by atoms with Gasteiger partial charge in [0.15, 0.2) is 5.69 Å². The van der Waals surface area contributed by atoms with Crippen molar-refractivity contribution in [1.29, 1.82) is 0 Å². The Kier molecular flexibility index (Phi) is 8.05. The van der Waals surface area contributed by atoms with Crippen LogP contribution in [0.25, 0.3) is 22.0 Å². The quantitative estimate of drug-likeness (QED) is 0.234. The summed E-state index contributed by atoms with van der Waals surface area (Å²) in [6.45, 7) is 0.919. The first-order valence-corrected chi connectivity index (χ1v) is 17.8. The zero-order valence-corrected chi connectivity index (χ0v) is 26.8. The van der Waals surface area contributed by atoms with E-state index in [1.807, 2.05) is 11.0 Å². The number of halogens is 2. The molecule has 0 atom stereocenters. The Morgan fingerprint density at radius 2 is 1.85 bits per heavy atom. The minimum Gasteiger partial charge on any atom is -0.476 e. The van der Waals surface area contributed by atoms with Crippen molar-refractivity contribution in [3.8, 4) is 16.4 Å². The molecular formula is C33H31F2N5O5S2. The molecule has 1 aliphatic heterocycles. The molecule has 2 aliphatic carbocycles. The van der Waals surface area contributed by atoms with Crippen molar-refractivity contribution >= 4 is 38.8 Å². The summed E-state index contributed by atoms with van der Waals surface area (Å²) in [5.41, 5.74) is 4.10. The van der Waals surface area contributed by atoms with E-state index in [9.17, 15) is 27.5 Å². The highest BCUT2D eigenvalue weighted by Gasteiger charge is 2.34. The molecule has 47 heavy (non-hydrogen) atoms. The average molecular weight is 680 g/mol. The molecule has 0 bridgehead atoms. The van der Waals surface area contributed by atoms with Gasteiger partial charge in [0, 0.05) is 47.5 Å². The van der Waals surface area contributed by atoms with E-state index in [4.69, 9.17) is 10.2 Å². The lowest BCUT2D eigenvalue weighted by atomic mass is 9.93. The van der Waals surface area contributed by atoms with Crippen molar-refractivity contribution in [2.75, 3.05) is 13.1 Å². The summed E-state index contributed by atoms with van der Waals surface area (Å²) in [6.07, 6.45) is 7.00. The fraction of sp³-hybridized carbons (Fsp3) is 0.333. The zero-order chi connectivity index (χ0) is 33.0. The number of aromatic nitrogens is 3. The van der Waals surface area contributed by atoms with Gasteiger partial charge in [0.1, 0.15) is 16.5 Å². The largest absolute Gasteiger partial charge is 0.476 e. The van der Waals surface area contributed by atoms with Gasteiger partial charge in [0.2, 0.25) is 21.1 Å². The average Bonchev–Trinajstić information content (AvgIpc) is 3.96. The smallest absolute Gasteiger partial charge is 0.355 e. The molecule has 1 amide bonds. The second-order valence-electron chi connectivity index (χ2n) is 12.4. The van der Waals surface area contributed by atoms with Crippen LogP contribution < -0.4 is 5.14 Å². The third-order valence-corrected chi connectivity index (χ3v) is 10.6. The van der Waals surface area contributed by atoms with E-state index in [0.29, 0.717) is 64.9 Å². The number of thiazole rings is 1. The number of rotatable bonds is 10. The number of sulfonamides is 1. The zero-order valence-electron chi connectivity index (χ0n) is 25.2. The topological polar surface area (TPSA) is 148 Å². The van der Waals surface area contributed by atoms with Crippen LogP contribution in [0.4, 0.5) is 8.78 Å². The molecule has 0 saturated heterocycles. The molecule has 244 valence electrons. The van der Waals surface area contributed by atoms with E-state index in [-0.39, 0.29) is 23.9 Å². The van der Waals surface area contributed by atoms with Gasteiger partial charge in [-0.1, -0.05) is 12.1 Å². The van der Waals surface area contributed by atoms with Crippen molar-refractivity contribution in [2.24, 2.45) is 17.0 Å². The monoisotopic (exact) mass is 679 g/mol. The molecule has 2 aromatic heterocycles. The number of carboxylic acids is 1. The molecule has 4 aromatic rings. The van der Waals surface area contributed by atoms with Crippen molar-refractivity contribution in [3.05, 3.63) is 87.6 Å². The van der Waals surface area contributed by atoms with E-state index < -0.39 is 32.5 Å². The molecule has 10 nitrogen and oxygen atoms in total. The lowest BCUT2D eigenvalue weighted by Crippen LogP contribution is -2.35. The molecule has 3 heterocycles.